The van der Waals surface area contributed by atoms with Crippen LogP contribution in [0.25, 0.3) is 0 Å². The lowest BCUT2D eigenvalue weighted by atomic mass is 9.82. The first-order valence-corrected chi connectivity index (χ1v) is 10.9. The average Bonchev–Trinajstić information content (AvgIpc) is 2.66. The van der Waals surface area contributed by atoms with Crippen LogP contribution in [0.1, 0.15) is 85.8 Å². The number of carbonyl (C=O) groups excluding carboxylic acids is 2. The Morgan fingerprint density at radius 2 is 1.43 bits per heavy atom. The number of hydrogen-bond acceptors (Lipinski definition) is 6. The van der Waals surface area contributed by atoms with Gasteiger partial charge in [0, 0.05) is 18.9 Å². The van der Waals surface area contributed by atoms with Gasteiger partial charge >= 0.3 is 11.9 Å². The molecule has 1 aromatic carbocycles. The minimum absolute atomic E-state index is 0.124. The van der Waals surface area contributed by atoms with E-state index in [0.717, 1.165) is 12.8 Å². The Kier molecular flexibility index (Phi) is 9.98. The van der Waals surface area contributed by atoms with Crippen molar-refractivity contribution in [2.75, 3.05) is 0 Å². The van der Waals surface area contributed by atoms with Crippen molar-refractivity contribution >= 4 is 11.9 Å². The van der Waals surface area contributed by atoms with Gasteiger partial charge in [0.15, 0.2) is 11.5 Å². The summed E-state index contributed by atoms with van der Waals surface area (Å²) in [5.41, 5.74) is 6.39. The molecular formula is C24H39NO5. The van der Waals surface area contributed by atoms with Gasteiger partial charge < -0.3 is 20.3 Å². The highest BCUT2D eigenvalue weighted by atomic mass is 16.6. The van der Waals surface area contributed by atoms with Crippen LogP contribution in [0.15, 0.2) is 18.2 Å². The monoisotopic (exact) mass is 421 g/mol. The Morgan fingerprint density at radius 3 is 1.87 bits per heavy atom. The van der Waals surface area contributed by atoms with Gasteiger partial charge in [-0.05, 0) is 34.9 Å². The van der Waals surface area contributed by atoms with Crippen LogP contribution in [-0.2, 0) is 9.59 Å². The third-order valence-corrected chi connectivity index (χ3v) is 5.52. The number of aliphatic hydroxyl groups excluding tert-OH is 1. The Morgan fingerprint density at radius 1 is 0.967 bits per heavy atom. The molecule has 4 unspecified atom stereocenters. The van der Waals surface area contributed by atoms with Crippen LogP contribution >= 0.6 is 0 Å². The molecular weight excluding hydrogens is 382 g/mol. The summed E-state index contributed by atoms with van der Waals surface area (Å²) >= 11 is 0. The van der Waals surface area contributed by atoms with E-state index in [1.807, 2.05) is 48.5 Å². The molecule has 0 saturated carbocycles. The van der Waals surface area contributed by atoms with Gasteiger partial charge in [-0.15, -0.1) is 0 Å². The van der Waals surface area contributed by atoms with Crippen molar-refractivity contribution in [3.63, 3.8) is 0 Å². The van der Waals surface area contributed by atoms with Crippen LogP contribution in [0.4, 0.5) is 0 Å². The molecule has 30 heavy (non-hydrogen) atoms. The second-order valence-corrected chi connectivity index (χ2v) is 9.43. The number of nitrogens with two attached hydrogens (primary N) is 1. The van der Waals surface area contributed by atoms with Crippen LogP contribution in [0.2, 0.25) is 0 Å². The molecule has 0 bridgehead atoms. The van der Waals surface area contributed by atoms with Crippen molar-refractivity contribution in [3.8, 4) is 11.5 Å². The number of esters is 2. The smallest absolute Gasteiger partial charge is 0.311 e. The fourth-order valence-electron chi connectivity index (χ4n) is 2.74. The van der Waals surface area contributed by atoms with Crippen LogP contribution in [0.5, 0.6) is 11.5 Å². The fourth-order valence-corrected chi connectivity index (χ4v) is 2.74. The van der Waals surface area contributed by atoms with E-state index in [4.69, 9.17) is 15.2 Å². The van der Waals surface area contributed by atoms with E-state index >= 15 is 0 Å². The van der Waals surface area contributed by atoms with E-state index in [1.165, 1.54) is 6.07 Å². The summed E-state index contributed by atoms with van der Waals surface area (Å²) in [6.45, 7) is 13.8. The van der Waals surface area contributed by atoms with Crippen LogP contribution < -0.4 is 15.2 Å². The maximum absolute atomic E-state index is 12.4. The molecule has 0 saturated heterocycles. The fraction of sp³-hybridized carbons (Fsp3) is 0.667. The van der Waals surface area contributed by atoms with Crippen LogP contribution in [0, 0.1) is 17.3 Å². The Bertz CT molecular complexity index is 710. The summed E-state index contributed by atoms with van der Waals surface area (Å²) in [7, 11) is 0. The zero-order valence-corrected chi connectivity index (χ0v) is 19.5. The topological polar surface area (TPSA) is 98.8 Å². The summed E-state index contributed by atoms with van der Waals surface area (Å²) in [6.07, 6.45) is 1.29. The highest BCUT2D eigenvalue weighted by Gasteiger charge is 2.29. The van der Waals surface area contributed by atoms with E-state index in [1.54, 1.807) is 12.1 Å². The first-order chi connectivity index (χ1) is 13.9. The molecule has 6 heteroatoms. The maximum Gasteiger partial charge on any atom is 0.311 e. The molecule has 1 rings (SSSR count). The Hall–Kier alpha value is -1.92. The molecule has 0 heterocycles. The molecule has 0 aliphatic carbocycles. The first-order valence-electron chi connectivity index (χ1n) is 10.9. The van der Waals surface area contributed by atoms with Crippen molar-refractivity contribution < 1.29 is 24.2 Å². The second-order valence-electron chi connectivity index (χ2n) is 9.43. The summed E-state index contributed by atoms with van der Waals surface area (Å²) in [6, 6.07) is 4.21. The van der Waals surface area contributed by atoms with Gasteiger partial charge in [-0.1, -0.05) is 67.4 Å². The van der Waals surface area contributed by atoms with Crippen LogP contribution in [0.3, 0.4) is 0 Å². The standard InChI is InChI=1S/C24H39NO5/c1-8-15(3)12-20(26)29-18-11-10-17(22(28)23(25)24(5,6)7)14-19(18)30-21(27)13-16(4)9-2/h10-11,14-16,22-23,28H,8-9,12-13,25H2,1-7H3. The molecule has 0 aliphatic heterocycles. The van der Waals surface area contributed by atoms with Gasteiger partial charge in [0.25, 0.3) is 0 Å². The average molecular weight is 422 g/mol. The Labute approximate surface area is 181 Å². The highest BCUT2D eigenvalue weighted by molar-refractivity contribution is 5.76. The molecule has 0 aromatic heterocycles. The number of rotatable bonds is 10. The number of carbonyl (C=O) groups is 2. The molecule has 170 valence electrons. The SMILES string of the molecule is CCC(C)CC(=O)Oc1ccc(C(O)C(N)C(C)(C)C)cc1OC(=O)CC(C)CC. The highest BCUT2D eigenvalue weighted by Crippen LogP contribution is 2.35. The van der Waals surface area contributed by atoms with Gasteiger partial charge in [0.1, 0.15) is 0 Å². The molecule has 4 atom stereocenters. The molecule has 0 aliphatic rings. The molecule has 0 spiro atoms. The van der Waals surface area contributed by atoms with E-state index in [0.29, 0.717) is 5.56 Å². The zero-order chi connectivity index (χ0) is 23.1. The second kappa shape index (κ2) is 11.5. The van der Waals surface area contributed by atoms with E-state index in [-0.39, 0.29) is 47.6 Å². The molecule has 1 aromatic rings. The van der Waals surface area contributed by atoms with Crippen molar-refractivity contribution in [1.82, 2.24) is 0 Å². The van der Waals surface area contributed by atoms with E-state index in [2.05, 4.69) is 0 Å². The van der Waals surface area contributed by atoms with E-state index in [9.17, 15) is 14.7 Å². The lowest BCUT2D eigenvalue weighted by Crippen LogP contribution is -2.40. The third-order valence-electron chi connectivity index (χ3n) is 5.52. The molecule has 6 nitrogen and oxygen atoms in total. The molecule has 0 amide bonds. The molecule has 0 fully saturated rings. The minimum Gasteiger partial charge on any atom is -0.423 e. The van der Waals surface area contributed by atoms with Gasteiger partial charge in [0.2, 0.25) is 0 Å². The summed E-state index contributed by atoms with van der Waals surface area (Å²) in [5, 5.41) is 10.7. The van der Waals surface area contributed by atoms with Gasteiger partial charge in [-0.3, -0.25) is 9.59 Å². The lowest BCUT2D eigenvalue weighted by Gasteiger charge is -2.31. The lowest BCUT2D eigenvalue weighted by molar-refractivity contribution is -0.138. The van der Waals surface area contributed by atoms with Gasteiger partial charge in [-0.25, -0.2) is 0 Å². The van der Waals surface area contributed by atoms with Crippen molar-refractivity contribution in [2.45, 2.75) is 86.3 Å². The van der Waals surface area contributed by atoms with Crippen LogP contribution in [-0.4, -0.2) is 23.1 Å². The van der Waals surface area contributed by atoms with Crippen molar-refractivity contribution in [1.29, 1.82) is 0 Å². The largest absolute Gasteiger partial charge is 0.423 e. The zero-order valence-electron chi connectivity index (χ0n) is 19.5. The molecule has 3 N–H and O–H groups in total. The number of ether oxygens (including phenoxy) is 2. The predicted molar refractivity (Wildman–Crippen MR) is 118 cm³/mol. The number of benzene rings is 1. The Balaban J connectivity index is 3.17. The molecule has 0 radical (unpaired) electrons. The number of hydrogen-bond donors (Lipinski definition) is 2. The van der Waals surface area contributed by atoms with Gasteiger partial charge in [0.05, 0.1) is 6.10 Å². The first kappa shape index (κ1) is 26.1. The predicted octanol–water partition coefficient (Wildman–Crippen LogP) is 4.78. The quantitative estimate of drug-likeness (QED) is 0.417. The summed E-state index contributed by atoms with van der Waals surface area (Å²) in [4.78, 5) is 24.6. The third kappa shape index (κ3) is 8.07. The minimum atomic E-state index is -0.957. The number of aliphatic hydroxyl groups is 1. The van der Waals surface area contributed by atoms with Crippen molar-refractivity contribution in [3.05, 3.63) is 23.8 Å². The summed E-state index contributed by atoms with van der Waals surface area (Å²) < 4.78 is 11.0. The van der Waals surface area contributed by atoms with Gasteiger partial charge in [-0.2, -0.15) is 0 Å². The van der Waals surface area contributed by atoms with Crippen molar-refractivity contribution in [2.24, 2.45) is 23.0 Å². The maximum atomic E-state index is 12.4. The van der Waals surface area contributed by atoms with E-state index < -0.39 is 18.1 Å². The normalized spacial score (nSPS) is 15.8. The summed E-state index contributed by atoms with van der Waals surface area (Å²) in [5.74, 6) is -0.130.